The first-order valence-electron chi connectivity index (χ1n) is 13.0. The molecule has 0 aliphatic carbocycles. The van der Waals surface area contributed by atoms with Gasteiger partial charge in [-0.2, -0.15) is 0 Å². The van der Waals surface area contributed by atoms with Crippen LogP contribution in [-0.2, 0) is 21.1 Å². The molecular formula is C28H29N5O5S. The minimum absolute atomic E-state index is 0.0796. The molecule has 2 unspecified atom stereocenters. The van der Waals surface area contributed by atoms with Gasteiger partial charge < -0.3 is 20.0 Å². The number of nitrogens with zero attached hydrogens (tertiary/aromatic N) is 5. The second kappa shape index (κ2) is 9.80. The standard InChI is InChI=1S/C28H29N5O5S/c1-2-14-31(16-32-19-11-7-6-10-18(19)29-30-32)26(36)24-28-13-12-21(39-28)22(27(37)38)23(28)25(35)33(24)20(15-34)17-8-4-3-5-9-17/h2-11,20-24,34H,1,12-16H2,(H,37,38)/t20-,21+,22-,23+,24?,28?/m1/s1. The van der Waals surface area contributed by atoms with Crippen LogP contribution in [0.3, 0.4) is 0 Å². The summed E-state index contributed by atoms with van der Waals surface area (Å²) >= 11 is 1.47. The lowest BCUT2D eigenvalue weighted by atomic mass is 9.71. The molecule has 3 saturated heterocycles. The molecule has 4 heterocycles. The maximum absolute atomic E-state index is 14.6. The quantitative estimate of drug-likeness (QED) is 0.391. The van der Waals surface area contributed by atoms with Crippen LogP contribution in [0.25, 0.3) is 11.0 Å². The number of likely N-dealkylation sites (tertiary alicyclic amines) is 1. The molecular weight excluding hydrogens is 518 g/mol. The number of aliphatic carboxylic acids is 1. The molecule has 3 aromatic rings. The third-order valence-corrected chi connectivity index (χ3v) is 10.3. The van der Waals surface area contributed by atoms with Crippen LogP contribution in [0.1, 0.15) is 24.4 Å². The van der Waals surface area contributed by atoms with Crippen LogP contribution in [0.5, 0.6) is 0 Å². The zero-order valence-electron chi connectivity index (χ0n) is 21.2. The van der Waals surface area contributed by atoms with Gasteiger partial charge in [-0.05, 0) is 30.5 Å². The Morgan fingerprint density at radius 3 is 2.67 bits per heavy atom. The molecule has 0 saturated carbocycles. The molecule has 2 bridgehead atoms. The Kier molecular flexibility index (Phi) is 6.43. The number of thioether (sulfide) groups is 1. The predicted octanol–water partition coefficient (Wildman–Crippen LogP) is 2.31. The zero-order valence-corrected chi connectivity index (χ0v) is 22.0. The Morgan fingerprint density at radius 2 is 1.95 bits per heavy atom. The van der Waals surface area contributed by atoms with E-state index in [4.69, 9.17) is 0 Å². The van der Waals surface area contributed by atoms with Gasteiger partial charge in [0.25, 0.3) is 0 Å². The van der Waals surface area contributed by atoms with E-state index in [1.807, 2.05) is 54.6 Å². The predicted molar refractivity (Wildman–Crippen MR) is 144 cm³/mol. The molecule has 202 valence electrons. The largest absolute Gasteiger partial charge is 0.481 e. The van der Waals surface area contributed by atoms with Crippen LogP contribution in [0, 0.1) is 11.8 Å². The molecule has 3 aliphatic heterocycles. The summed E-state index contributed by atoms with van der Waals surface area (Å²) in [5, 5.41) is 28.9. The van der Waals surface area contributed by atoms with Gasteiger partial charge in [-0.25, -0.2) is 4.68 Å². The number of carbonyl (C=O) groups excluding carboxylic acids is 2. The fourth-order valence-corrected chi connectivity index (χ4v) is 8.94. The minimum atomic E-state index is -1.02. The Balaban J connectivity index is 1.44. The molecule has 10 nitrogen and oxygen atoms in total. The monoisotopic (exact) mass is 547 g/mol. The highest BCUT2D eigenvalue weighted by atomic mass is 32.2. The molecule has 6 rings (SSSR count). The van der Waals surface area contributed by atoms with Crippen LogP contribution in [0.4, 0.5) is 0 Å². The summed E-state index contributed by atoms with van der Waals surface area (Å²) in [6, 6.07) is 14.8. The number of carboxylic acids is 1. The van der Waals surface area contributed by atoms with Crippen molar-refractivity contribution in [2.24, 2.45) is 11.8 Å². The number of hydrogen-bond donors (Lipinski definition) is 2. The maximum atomic E-state index is 14.6. The second-order valence-electron chi connectivity index (χ2n) is 10.3. The minimum Gasteiger partial charge on any atom is -0.481 e. The Morgan fingerprint density at radius 1 is 1.21 bits per heavy atom. The third-order valence-electron chi connectivity index (χ3n) is 8.34. The number of aliphatic hydroxyl groups is 1. The van der Waals surface area contributed by atoms with Crippen LogP contribution in [-0.4, -0.2) is 82.0 Å². The van der Waals surface area contributed by atoms with E-state index in [1.165, 1.54) is 16.7 Å². The fourth-order valence-electron chi connectivity index (χ4n) is 6.75. The molecule has 2 aromatic carbocycles. The molecule has 1 spiro atoms. The zero-order chi connectivity index (χ0) is 27.3. The highest BCUT2D eigenvalue weighted by Gasteiger charge is 2.74. The fraction of sp³-hybridized carbons (Fsp3) is 0.393. The summed E-state index contributed by atoms with van der Waals surface area (Å²) in [5.41, 5.74) is 2.14. The average molecular weight is 548 g/mol. The van der Waals surface area contributed by atoms with Crippen molar-refractivity contribution in [3.05, 3.63) is 72.8 Å². The summed E-state index contributed by atoms with van der Waals surface area (Å²) < 4.78 is 0.737. The van der Waals surface area contributed by atoms with Gasteiger partial charge in [-0.1, -0.05) is 53.8 Å². The third kappa shape index (κ3) is 3.86. The van der Waals surface area contributed by atoms with Crippen molar-refractivity contribution in [3.8, 4) is 0 Å². The van der Waals surface area contributed by atoms with E-state index in [0.29, 0.717) is 23.9 Å². The highest BCUT2D eigenvalue weighted by Crippen LogP contribution is 2.67. The lowest BCUT2D eigenvalue weighted by Gasteiger charge is -2.39. The lowest BCUT2D eigenvalue weighted by molar-refractivity contribution is -0.150. The molecule has 6 atom stereocenters. The van der Waals surface area contributed by atoms with Crippen molar-refractivity contribution >= 4 is 40.6 Å². The van der Waals surface area contributed by atoms with Gasteiger partial charge in [0.05, 0.1) is 34.7 Å². The van der Waals surface area contributed by atoms with E-state index in [-0.39, 0.29) is 30.3 Å². The molecule has 2 N–H and O–H groups in total. The summed E-state index contributed by atoms with van der Waals surface area (Å²) in [4.78, 5) is 44.2. The smallest absolute Gasteiger partial charge is 0.308 e. The van der Waals surface area contributed by atoms with Gasteiger partial charge in [-0.3, -0.25) is 14.4 Å². The average Bonchev–Trinajstić information content (AvgIpc) is 3.69. The Labute approximate surface area is 229 Å². The summed E-state index contributed by atoms with van der Waals surface area (Å²) in [6.07, 6.45) is 2.79. The van der Waals surface area contributed by atoms with E-state index in [1.54, 1.807) is 15.7 Å². The van der Waals surface area contributed by atoms with Crippen LogP contribution in [0.15, 0.2) is 67.3 Å². The molecule has 11 heteroatoms. The van der Waals surface area contributed by atoms with E-state index < -0.39 is 41.2 Å². The van der Waals surface area contributed by atoms with Crippen molar-refractivity contribution in [1.29, 1.82) is 0 Å². The summed E-state index contributed by atoms with van der Waals surface area (Å²) in [7, 11) is 0. The van der Waals surface area contributed by atoms with Crippen LogP contribution < -0.4 is 0 Å². The molecule has 0 radical (unpaired) electrons. The highest BCUT2D eigenvalue weighted by molar-refractivity contribution is 8.02. The van der Waals surface area contributed by atoms with Gasteiger partial charge in [-0.15, -0.1) is 23.4 Å². The van der Waals surface area contributed by atoms with Gasteiger partial charge in [0.1, 0.15) is 18.2 Å². The van der Waals surface area contributed by atoms with Crippen molar-refractivity contribution in [1.82, 2.24) is 24.8 Å². The Hall–Kier alpha value is -3.70. The maximum Gasteiger partial charge on any atom is 0.308 e. The molecule has 1 aromatic heterocycles. The topological polar surface area (TPSA) is 129 Å². The Bertz CT molecular complexity index is 1450. The lowest BCUT2D eigenvalue weighted by Crippen LogP contribution is -2.55. The van der Waals surface area contributed by atoms with Gasteiger partial charge in [0.15, 0.2) is 0 Å². The van der Waals surface area contributed by atoms with Gasteiger partial charge in [0.2, 0.25) is 11.8 Å². The molecule has 3 fully saturated rings. The van der Waals surface area contributed by atoms with Crippen molar-refractivity contribution in [2.75, 3.05) is 13.2 Å². The van der Waals surface area contributed by atoms with E-state index in [2.05, 4.69) is 16.9 Å². The first kappa shape index (κ1) is 25.6. The summed E-state index contributed by atoms with van der Waals surface area (Å²) in [5.74, 6) is -3.44. The van der Waals surface area contributed by atoms with E-state index in [9.17, 15) is 24.6 Å². The first-order valence-corrected chi connectivity index (χ1v) is 13.9. The number of carboxylic acid groups (broad SMARTS) is 1. The number of benzene rings is 2. The number of hydrogen-bond acceptors (Lipinski definition) is 7. The van der Waals surface area contributed by atoms with Crippen LogP contribution >= 0.6 is 11.8 Å². The second-order valence-corrected chi connectivity index (χ2v) is 11.9. The normalized spacial score (nSPS) is 28.0. The SMILES string of the molecule is C=CCN(Cn1nnc2ccccc21)C(=O)C1N([C@H](CO)c2ccccc2)C(=O)[C@@H]2[C@H](C(=O)O)[C@@H]3CCC12S3. The van der Waals surface area contributed by atoms with E-state index >= 15 is 0 Å². The summed E-state index contributed by atoms with van der Waals surface area (Å²) in [6.45, 7) is 3.71. The van der Waals surface area contributed by atoms with Crippen molar-refractivity contribution in [2.45, 2.75) is 41.6 Å². The first-order chi connectivity index (χ1) is 18.9. The number of fused-ring (bicyclic) bond motifs is 2. The van der Waals surface area contributed by atoms with Crippen LogP contribution in [0.2, 0.25) is 0 Å². The number of para-hydroxylation sites is 1. The molecule has 3 aliphatic rings. The van der Waals surface area contributed by atoms with E-state index in [0.717, 1.165) is 5.52 Å². The molecule has 39 heavy (non-hydrogen) atoms. The number of aromatic nitrogens is 3. The van der Waals surface area contributed by atoms with Gasteiger partial charge >= 0.3 is 5.97 Å². The number of carbonyl (C=O) groups is 3. The van der Waals surface area contributed by atoms with Crippen molar-refractivity contribution in [3.63, 3.8) is 0 Å². The number of aliphatic hydroxyl groups excluding tert-OH is 1. The molecule has 2 amide bonds. The van der Waals surface area contributed by atoms with Gasteiger partial charge in [0, 0.05) is 11.8 Å². The number of amides is 2. The van der Waals surface area contributed by atoms with Crippen molar-refractivity contribution < 1.29 is 24.6 Å². The number of rotatable bonds is 9.